The Morgan fingerprint density at radius 3 is 2.00 bits per heavy atom. The molecule has 0 spiro atoms. The zero-order valence-corrected chi connectivity index (χ0v) is 12.1. The molecular weight excluding hydrogens is 275 g/mol. The van der Waals surface area contributed by atoms with E-state index in [0.29, 0.717) is 12.0 Å². The quantitative estimate of drug-likeness (QED) is 0.757. The summed E-state index contributed by atoms with van der Waals surface area (Å²) >= 11 is 11.9. The van der Waals surface area contributed by atoms with E-state index in [2.05, 4.69) is 6.92 Å². The van der Waals surface area contributed by atoms with Crippen LogP contribution in [0.4, 0.5) is 0 Å². The van der Waals surface area contributed by atoms with E-state index in [1.807, 2.05) is 0 Å². The second-order valence-electron chi connectivity index (χ2n) is 4.15. The monoisotopic (exact) mass is 292 g/mol. The highest BCUT2D eigenvalue weighted by atomic mass is 35.5. The zero-order valence-electron chi connectivity index (χ0n) is 10.6. The molecule has 1 aromatic rings. The Labute approximate surface area is 117 Å². The van der Waals surface area contributed by atoms with E-state index in [1.165, 1.54) is 7.11 Å². The summed E-state index contributed by atoms with van der Waals surface area (Å²) in [5, 5.41) is 20.0. The highest BCUT2D eigenvalue weighted by Gasteiger charge is 2.21. The molecule has 18 heavy (non-hydrogen) atoms. The van der Waals surface area contributed by atoms with Gasteiger partial charge in [0.1, 0.15) is 21.5 Å². The first kappa shape index (κ1) is 15.3. The molecule has 3 nitrogen and oxygen atoms in total. The first-order valence-corrected chi connectivity index (χ1v) is 6.75. The topological polar surface area (TPSA) is 49.7 Å². The summed E-state index contributed by atoms with van der Waals surface area (Å²) in [4.78, 5) is 0. The first-order chi connectivity index (χ1) is 8.54. The molecule has 0 unspecified atom stereocenters. The van der Waals surface area contributed by atoms with Gasteiger partial charge < -0.3 is 14.9 Å². The number of methoxy groups -OCH3 is 1. The van der Waals surface area contributed by atoms with Crippen LogP contribution < -0.4 is 4.74 Å². The van der Waals surface area contributed by atoms with Gasteiger partial charge in [0.25, 0.3) is 0 Å². The predicted molar refractivity (Wildman–Crippen MR) is 74.2 cm³/mol. The van der Waals surface area contributed by atoms with Gasteiger partial charge in [-0.3, -0.25) is 0 Å². The fraction of sp³-hybridized carbons (Fsp3) is 0.538. The Kier molecular flexibility index (Phi) is 5.89. The summed E-state index contributed by atoms with van der Waals surface area (Å²) in [6.07, 6.45) is 4.70. The smallest absolute Gasteiger partial charge is 0.163 e. The molecule has 0 radical (unpaired) electrons. The van der Waals surface area contributed by atoms with Crippen molar-refractivity contribution in [3.05, 3.63) is 15.6 Å². The van der Waals surface area contributed by atoms with Gasteiger partial charge in [0.2, 0.25) is 0 Å². The van der Waals surface area contributed by atoms with E-state index in [9.17, 15) is 10.2 Å². The molecule has 0 saturated heterocycles. The number of hydrogen-bond donors (Lipinski definition) is 2. The number of ether oxygens (including phenoxy) is 1. The molecule has 0 saturated carbocycles. The predicted octanol–water partition coefficient (Wildman–Crippen LogP) is 4.54. The third kappa shape index (κ3) is 3.15. The van der Waals surface area contributed by atoms with Crippen LogP contribution in [-0.2, 0) is 6.42 Å². The van der Waals surface area contributed by atoms with Gasteiger partial charge in [0, 0.05) is 5.56 Å². The van der Waals surface area contributed by atoms with E-state index < -0.39 is 0 Å². The van der Waals surface area contributed by atoms with Crippen molar-refractivity contribution < 1.29 is 14.9 Å². The van der Waals surface area contributed by atoms with E-state index in [1.54, 1.807) is 0 Å². The van der Waals surface area contributed by atoms with Crippen LogP contribution in [0.1, 0.15) is 38.2 Å². The fourth-order valence-corrected chi connectivity index (χ4v) is 2.45. The van der Waals surface area contributed by atoms with Gasteiger partial charge in [-0.25, -0.2) is 0 Å². The van der Waals surface area contributed by atoms with Crippen LogP contribution in [0, 0.1) is 0 Å². The van der Waals surface area contributed by atoms with Crippen LogP contribution in [-0.4, -0.2) is 17.3 Å². The molecule has 0 fully saturated rings. The second-order valence-corrected chi connectivity index (χ2v) is 4.90. The Morgan fingerprint density at radius 1 is 1.00 bits per heavy atom. The van der Waals surface area contributed by atoms with Crippen molar-refractivity contribution in [1.82, 2.24) is 0 Å². The van der Waals surface area contributed by atoms with Gasteiger partial charge in [0.15, 0.2) is 5.75 Å². The van der Waals surface area contributed by atoms with Gasteiger partial charge >= 0.3 is 0 Å². The summed E-state index contributed by atoms with van der Waals surface area (Å²) in [5.74, 6) is -0.190. The zero-order chi connectivity index (χ0) is 13.7. The van der Waals surface area contributed by atoms with Crippen molar-refractivity contribution in [3.8, 4) is 17.2 Å². The lowest BCUT2D eigenvalue weighted by atomic mass is 10.0. The summed E-state index contributed by atoms with van der Waals surface area (Å²) in [6.45, 7) is 2.12. The molecular formula is C13H18Cl2O3. The van der Waals surface area contributed by atoms with Crippen LogP contribution >= 0.6 is 23.2 Å². The Morgan fingerprint density at radius 2 is 1.56 bits per heavy atom. The summed E-state index contributed by atoms with van der Waals surface area (Å²) in [6, 6.07) is 0. The van der Waals surface area contributed by atoms with E-state index >= 15 is 0 Å². The Bertz CT molecular complexity index is 390. The molecule has 1 rings (SSSR count). The van der Waals surface area contributed by atoms with Gasteiger partial charge in [-0.15, -0.1) is 0 Å². The largest absolute Gasteiger partial charge is 0.506 e. The van der Waals surface area contributed by atoms with Crippen molar-refractivity contribution in [2.45, 2.75) is 39.0 Å². The fourth-order valence-electron chi connectivity index (χ4n) is 1.83. The van der Waals surface area contributed by atoms with Crippen LogP contribution in [0.25, 0.3) is 0 Å². The lowest BCUT2D eigenvalue weighted by Crippen LogP contribution is -1.94. The van der Waals surface area contributed by atoms with Crippen molar-refractivity contribution >= 4 is 23.2 Å². The number of aromatic hydroxyl groups is 2. The van der Waals surface area contributed by atoms with E-state index in [-0.39, 0.29) is 27.3 Å². The molecule has 0 aliphatic rings. The number of unbranched alkanes of at least 4 members (excludes halogenated alkanes) is 3. The maximum absolute atomic E-state index is 9.94. The number of benzene rings is 1. The molecule has 0 bridgehead atoms. The lowest BCUT2D eigenvalue weighted by Gasteiger charge is -2.14. The summed E-state index contributed by atoms with van der Waals surface area (Å²) in [7, 11) is 1.38. The SMILES string of the molecule is CCCCCCc1c(O)c(Cl)c(OC)c(Cl)c1O. The first-order valence-electron chi connectivity index (χ1n) is 6.00. The minimum atomic E-state index is -0.146. The minimum Gasteiger partial charge on any atom is -0.506 e. The number of rotatable bonds is 6. The van der Waals surface area contributed by atoms with Crippen LogP contribution in [0.15, 0.2) is 0 Å². The van der Waals surface area contributed by atoms with Crippen LogP contribution in [0.2, 0.25) is 10.0 Å². The van der Waals surface area contributed by atoms with Crippen LogP contribution in [0.3, 0.4) is 0 Å². The second kappa shape index (κ2) is 6.95. The van der Waals surface area contributed by atoms with Crippen molar-refractivity contribution in [3.63, 3.8) is 0 Å². The molecule has 0 atom stereocenters. The van der Waals surface area contributed by atoms with Gasteiger partial charge in [0.05, 0.1) is 7.11 Å². The number of phenolic OH excluding ortho intramolecular Hbond substituents is 2. The average Bonchev–Trinajstić information content (AvgIpc) is 2.36. The van der Waals surface area contributed by atoms with Gasteiger partial charge in [-0.2, -0.15) is 0 Å². The van der Waals surface area contributed by atoms with E-state index in [0.717, 1.165) is 25.7 Å². The summed E-state index contributed by atoms with van der Waals surface area (Å²) < 4.78 is 4.95. The number of phenols is 2. The number of hydrogen-bond acceptors (Lipinski definition) is 3. The van der Waals surface area contributed by atoms with Crippen LogP contribution in [0.5, 0.6) is 17.2 Å². The maximum Gasteiger partial charge on any atom is 0.163 e. The van der Waals surface area contributed by atoms with Gasteiger partial charge in [-0.05, 0) is 12.8 Å². The molecule has 1 aromatic carbocycles. The molecule has 2 N–H and O–H groups in total. The normalized spacial score (nSPS) is 10.7. The van der Waals surface area contributed by atoms with E-state index in [4.69, 9.17) is 27.9 Å². The highest BCUT2D eigenvalue weighted by molar-refractivity contribution is 6.39. The average molecular weight is 293 g/mol. The molecule has 5 heteroatoms. The standard InChI is InChI=1S/C13H18Cl2O3/c1-3-4-5-6-7-8-11(16)9(14)13(18-2)10(15)12(8)17/h16-17H,3-7H2,1-2H3. The maximum atomic E-state index is 9.94. The highest BCUT2D eigenvalue weighted by Crippen LogP contribution is 2.48. The third-order valence-corrected chi connectivity index (χ3v) is 3.57. The lowest BCUT2D eigenvalue weighted by molar-refractivity contribution is 0.394. The third-order valence-electron chi connectivity index (χ3n) is 2.87. The van der Waals surface area contributed by atoms with Crippen molar-refractivity contribution in [2.75, 3.05) is 7.11 Å². The van der Waals surface area contributed by atoms with Crippen molar-refractivity contribution in [1.29, 1.82) is 0 Å². The molecule has 0 heterocycles. The van der Waals surface area contributed by atoms with Gasteiger partial charge in [-0.1, -0.05) is 49.4 Å². The summed E-state index contributed by atoms with van der Waals surface area (Å²) in [5.41, 5.74) is 0.391. The molecule has 0 aromatic heterocycles. The molecule has 0 amide bonds. The Hall–Kier alpha value is -0.800. The molecule has 102 valence electrons. The number of halogens is 2. The minimum absolute atomic E-state index is 0.0470. The Balaban J connectivity index is 2.98. The molecule has 0 aliphatic heterocycles. The molecule has 0 aliphatic carbocycles. The van der Waals surface area contributed by atoms with Crippen molar-refractivity contribution in [2.24, 2.45) is 0 Å².